The van der Waals surface area contributed by atoms with E-state index in [0.29, 0.717) is 28.8 Å². The molecule has 1 aliphatic heterocycles. The Morgan fingerprint density at radius 1 is 1.09 bits per heavy atom. The van der Waals surface area contributed by atoms with E-state index in [1.807, 2.05) is 0 Å². The lowest BCUT2D eigenvalue weighted by Gasteiger charge is -2.18. The van der Waals surface area contributed by atoms with E-state index in [2.05, 4.69) is 25.6 Å². The van der Waals surface area contributed by atoms with Gasteiger partial charge in [-0.3, -0.25) is 9.36 Å². The number of carbonyl (C=O) groups excluding carboxylic acids is 1. The van der Waals surface area contributed by atoms with Gasteiger partial charge in [0.1, 0.15) is 18.3 Å². The number of amides is 1. The SMILES string of the molecule is O=C(NCc1nc(NC2CCCC2)c2ncn([C@@H]3O[C@H](CO)[C@@H](O)[C@@H]3O)c2n1)C1CCCC1. The summed E-state index contributed by atoms with van der Waals surface area (Å²) in [7, 11) is 0. The number of nitrogens with one attached hydrogen (secondary N) is 2. The standard InChI is InChI=1S/C22H32N6O5/c29-10-14-17(30)18(31)22(33-14)28-11-24-16-19(25-13-7-3-4-8-13)26-15(27-20(16)28)9-23-21(32)12-5-1-2-6-12/h11-14,17-18,22,29-31H,1-10H2,(H,23,32)(H,25,26,27)/t14-,17-,18+,22-/m1/s1. The predicted molar refractivity (Wildman–Crippen MR) is 118 cm³/mol. The molecule has 4 atom stereocenters. The van der Waals surface area contributed by atoms with Crippen molar-refractivity contribution in [3.63, 3.8) is 0 Å². The largest absolute Gasteiger partial charge is 0.394 e. The number of hydrogen-bond acceptors (Lipinski definition) is 9. The molecule has 1 amide bonds. The average Bonchev–Trinajstić information content (AvgIpc) is 3.61. The van der Waals surface area contributed by atoms with Crippen molar-refractivity contribution in [2.24, 2.45) is 5.92 Å². The van der Waals surface area contributed by atoms with Gasteiger partial charge in [-0.25, -0.2) is 15.0 Å². The molecule has 5 rings (SSSR count). The molecule has 11 nitrogen and oxygen atoms in total. The fourth-order valence-corrected chi connectivity index (χ4v) is 5.20. The quantitative estimate of drug-likeness (QED) is 0.399. The Morgan fingerprint density at radius 2 is 1.82 bits per heavy atom. The minimum Gasteiger partial charge on any atom is -0.394 e. The van der Waals surface area contributed by atoms with Crippen LogP contribution in [0.3, 0.4) is 0 Å². The molecule has 2 aliphatic carbocycles. The molecular weight excluding hydrogens is 428 g/mol. The van der Waals surface area contributed by atoms with E-state index in [1.165, 1.54) is 6.33 Å². The first-order valence-corrected chi connectivity index (χ1v) is 12.0. The topological polar surface area (TPSA) is 155 Å². The van der Waals surface area contributed by atoms with Gasteiger partial charge in [-0.1, -0.05) is 25.7 Å². The fraction of sp³-hybridized carbons (Fsp3) is 0.727. The Labute approximate surface area is 191 Å². The van der Waals surface area contributed by atoms with Gasteiger partial charge in [-0.2, -0.15) is 0 Å². The normalized spacial score (nSPS) is 28.7. The fourth-order valence-electron chi connectivity index (χ4n) is 5.20. The zero-order valence-corrected chi connectivity index (χ0v) is 18.6. The molecule has 1 saturated heterocycles. The van der Waals surface area contributed by atoms with Crippen LogP contribution in [0.2, 0.25) is 0 Å². The van der Waals surface area contributed by atoms with Crippen LogP contribution >= 0.6 is 0 Å². The number of nitrogens with zero attached hydrogens (tertiary/aromatic N) is 4. The number of rotatable bonds is 7. The third-order valence-corrected chi connectivity index (χ3v) is 7.10. The number of carbonyl (C=O) groups is 1. The van der Waals surface area contributed by atoms with Gasteiger partial charge in [0.05, 0.1) is 19.5 Å². The third-order valence-electron chi connectivity index (χ3n) is 7.10. The lowest BCUT2D eigenvalue weighted by atomic mass is 10.1. The highest BCUT2D eigenvalue weighted by Crippen LogP contribution is 2.33. The summed E-state index contributed by atoms with van der Waals surface area (Å²) < 4.78 is 7.25. The van der Waals surface area contributed by atoms with Crippen LogP contribution < -0.4 is 10.6 Å². The first-order valence-electron chi connectivity index (χ1n) is 12.0. The number of anilines is 1. The molecule has 0 spiro atoms. The van der Waals surface area contributed by atoms with Crippen LogP contribution in [0.5, 0.6) is 0 Å². The molecule has 2 aromatic rings. The monoisotopic (exact) mass is 460 g/mol. The molecule has 33 heavy (non-hydrogen) atoms. The molecule has 3 aliphatic rings. The minimum atomic E-state index is -1.24. The highest BCUT2D eigenvalue weighted by atomic mass is 16.6. The smallest absolute Gasteiger partial charge is 0.223 e. The van der Waals surface area contributed by atoms with E-state index in [-0.39, 0.29) is 18.4 Å². The van der Waals surface area contributed by atoms with Gasteiger partial charge >= 0.3 is 0 Å². The molecule has 3 heterocycles. The number of imidazole rings is 1. The summed E-state index contributed by atoms with van der Waals surface area (Å²) in [5.74, 6) is 1.10. The molecule has 2 saturated carbocycles. The molecule has 0 radical (unpaired) electrons. The van der Waals surface area contributed by atoms with Crippen molar-refractivity contribution in [1.29, 1.82) is 0 Å². The predicted octanol–water partition coefficient (Wildman–Crippen LogP) is 0.599. The summed E-state index contributed by atoms with van der Waals surface area (Å²) in [5, 5.41) is 36.6. The van der Waals surface area contributed by atoms with Crippen molar-refractivity contribution in [1.82, 2.24) is 24.8 Å². The second kappa shape index (κ2) is 9.49. The van der Waals surface area contributed by atoms with Gasteiger partial charge in [-0.05, 0) is 25.7 Å². The van der Waals surface area contributed by atoms with E-state index in [9.17, 15) is 20.1 Å². The molecule has 2 aromatic heterocycles. The van der Waals surface area contributed by atoms with Crippen LogP contribution in [0, 0.1) is 5.92 Å². The third kappa shape index (κ3) is 4.42. The van der Waals surface area contributed by atoms with Gasteiger partial charge < -0.3 is 30.7 Å². The number of aliphatic hydroxyl groups is 3. The van der Waals surface area contributed by atoms with E-state index >= 15 is 0 Å². The summed E-state index contributed by atoms with van der Waals surface area (Å²) >= 11 is 0. The average molecular weight is 461 g/mol. The molecular formula is C22H32N6O5. The number of fused-ring (bicyclic) bond motifs is 1. The first-order chi connectivity index (χ1) is 16.0. The Morgan fingerprint density at radius 3 is 2.52 bits per heavy atom. The van der Waals surface area contributed by atoms with Gasteiger partial charge in [0.15, 0.2) is 29.0 Å². The van der Waals surface area contributed by atoms with Crippen molar-refractivity contribution in [3.05, 3.63) is 12.2 Å². The van der Waals surface area contributed by atoms with Crippen LogP contribution in [0.1, 0.15) is 63.4 Å². The molecule has 0 bridgehead atoms. The lowest BCUT2D eigenvalue weighted by molar-refractivity contribution is -0.125. The Balaban J connectivity index is 1.45. The molecule has 11 heteroatoms. The molecule has 0 aromatic carbocycles. The van der Waals surface area contributed by atoms with Crippen molar-refractivity contribution >= 4 is 22.9 Å². The van der Waals surface area contributed by atoms with Crippen LogP contribution in [-0.4, -0.2) is 71.7 Å². The summed E-state index contributed by atoms with van der Waals surface area (Å²) in [4.78, 5) is 26.3. The zero-order chi connectivity index (χ0) is 22.9. The molecule has 180 valence electrons. The van der Waals surface area contributed by atoms with Crippen LogP contribution in [0.15, 0.2) is 6.33 Å². The Bertz CT molecular complexity index is 987. The van der Waals surface area contributed by atoms with E-state index in [1.54, 1.807) is 4.57 Å². The van der Waals surface area contributed by atoms with Crippen molar-refractivity contribution in [3.8, 4) is 0 Å². The molecule has 5 N–H and O–H groups in total. The van der Waals surface area contributed by atoms with Crippen molar-refractivity contribution in [2.75, 3.05) is 11.9 Å². The van der Waals surface area contributed by atoms with Crippen LogP contribution in [-0.2, 0) is 16.1 Å². The first kappa shape index (κ1) is 22.5. The summed E-state index contributed by atoms with van der Waals surface area (Å²) in [5.41, 5.74) is 0.968. The summed E-state index contributed by atoms with van der Waals surface area (Å²) in [6.45, 7) is -0.227. The van der Waals surface area contributed by atoms with E-state index in [4.69, 9.17) is 4.74 Å². The Hall–Kier alpha value is -2.34. The molecule has 0 unspecified atom stereocenters. The maximum absolute atomic E-state index is 12.5. The zero-order valence-electron chi connectivity index (χ0n) is 18.6. The maximum Gasteiger partial charge on any atom is 0.223 e. The molecule has 3 fully saturated rings. The van der Waals surface area contributed by atoms with Gasteiger partial charge in [-0.15, -0.1) is 0 Å². The maximum atomic E-state index is 12.5. The second-order valence-electron chi connectivity index (χ2n) is 9.37. The summed E-state index contributed by atoms with van der Waals surface area (Å²) in [6.07, 6.45) is 5.61. The number of aromatic nitrogens is 4. The summed E-state index contributed by atoms with van der Waals surface area (Å²) in [6, 6.07) is 0.295. The van der Waals surface area contributed by atoms with Crippen LogP contribution in [0.25, 0.3) is 11.2 Å². The van der Waals surface area contributed by atoms with E-state index < -0.39 is 31.1 Å². The van der Waals surface area contributed by atoms with E-state index in [0.717, 1.165) is 51.4 Å². The number of hydrogen-bond donors (Lipinski definition) is 5. The van der Waals surface area contributed by atoms with Crippen LogP contribution in [0.4, 0.5) is 5.82 Å². The van der Waals surface area contributed by atoms with Crippen molar-refractivity contribution in [2.45, 2.75) is 88.5 Å². The highest BCUT2D eigenvalue weighted by Gasteiger charge is 2.44. The van der Waals surface area contributed by atoms with Gasteiger partial charge in [0, 0.05) is 12.0 Å². The Kier molecular flexibility index (Phi) is 6.46. The van der Waals surface area contributed by atoms with Gasteiger partial charge in [0.25, 0.3) is 0 Å². The van der Waals surface area contributed by atoms with Gasteiger partial charge in [0.2, 0.25) is 5.91 Å². The minimum absolute atomic E-state index is 0.0264. The van der Waals surface area contributed by atoms with Crippen molar-refractivity contribution < 1.29 is 24.9 Å². The lowest BCUT2D eigenvalue weighted by Crippen LogP contribution is -2.33. The number of aliphatic hydroxyl groups excluding tert-OH is 3. The number of ether oxygens (including phenoxy) is 1. The highest BCUT2D eigenvalue weighted by molar-refractivity contribution is 5.83. The second-order valence-corrected chi connectivity index (χ2v) is 9.37.